The highest BCUT2D eigenvalue weighted by molar-refractivity contribution is 7.84. The molecule has 0 aliphatic rings. The minimum Gasteiger partial charge on any atom is -0.487 e. The van der Waals surface area contributed by atoms with Gasteiger partial charge in [0.2, 0.25) is 0 Å². The molecule has 0 aliphatic carbocycles. The summed E-state index contributed by atoms with van der Waals surface area (Å²) in [6.45, 7) is 0.441. The second-order valence-corrected chi connectivity index (χ2v) is 7.14. The maximum Gasteiger partial charge on any atom is 0.197 e. The van der Waals surface area contributed by atoms with Crippen molar-refractivity contribution in [2.45, 2.75) is 17.5 Å². The number of imidazole rings is 1. The van der Waals surface area contributed by atoms with Crippen LogP contribution in [0.25, 0.3) is 11.0 Å². The van der Waals surface area contributed by atoms with Crippen molar-refractivity contribution in [1.29, 1.82) is 0 Å². The molecule has 1 atom stereocenters. The third-order valence-electron chi connectivity index (χ3n) is 3.94. The first kappa shape index (κ1) is 16.5. The molecule has 26 heavy (non-hydrogen) atoms. The first-order chi connectivity index (χ1) is 12.8. The van der Waals surface area contributed by atoms with Crippen molar-refractivity contribution in [2.75, 3.05) is 0 Å². The predicted molar refractivity (Wildman–Crippen MR) is 101 cm³/mol. The van der Waals surface area contributed by atoms with Crippen molar-refractivity contribution in [1.82, 2.24) is 15.0 Å². The molecule has 4 aromatic rings. The van der Waals surface area contributed by atoms with Gasteiger partial charge in [-0.05, 0) is 29.8 Å². The van der Waals surface area contributed by atoms with E-state index in [0.717, 1.165) is 16.6 Å². The summed E-state index contributed by atoms with van der Waals surface area (Å²) in [6, 6.07) is 21.2. The predicted octanol–water partition coefficient (Wildman–Crippen LogP) is 3.84. The van der Waals surface area contributed by atoms with Crippen LogP contribution < -0.4 is 4.74 Å². The Morgan fingerprint density at radius 1 is 0.962 bits per heavy atom. The summed E-state index contributed by atoms with van der Waals surface area (Å²) >= 11 is 0. The molecule has 0 aliphatic heterocycles. The number of fused-ring (bicyclic) bond motifs is 1. The monoisotopic (exact) mass is 363 g/mol. The van der Waals surface area contributed by atoms with Gasteiger partial charge < -0.3 is 9.72 Å². The number of aromatic nitrogens is 3. The standard InChI is InChI=1S/C20H17N3O2S/c24-26(20-22-16-9-4-5-10-17(16)23-20)14-18-19(11-6-12-21-18)25-13-15-7-2-1-3-8-15/h1-12H,13-14H2,(H,22,23). The molecule has 130 valence electrons. The molecule has 0 bridgehead atoms. The normalized spacial score (nSPS) is 12.2. The number of nitrogens with one attached hydrogen (secondary N) is 1. The lowest BCUT2D eigenvalue weighted by Gasteiger charge is -2.10. The molecule has 0 amide bonds. The zero-order chi connectivity index (χ0) is 17.8. The van der Waals surface area contributed by atoms with E-state index in [2.05, 4.69) is 15.0 Å². The van der Waals surface area contributed by atoms with Crippen LogP contribution in [0.3, 0.4) is 0 Å². The van der Waals surface area contributed by atoms with Crippen LogP contribution >= 0.6 is 0 Å². The Hall–Kier alpha value is -2.99. The molecule has 4 rings (SSSR count). The van der Waals surface area contributed by atoms with E-state index in [1.54, 1.807) is 6.20 Å². The smallest absolute Gasteiger partial charge is 0.197 e. The molecule has 0 spiro atoms. The summed E-state index contributed by atoms with van der Waals surface area (Å²) in [6.07, 6.45) is 1.68. The first-order valence-electron chi connectivity index (χ1n) is 8.23. The third kappa shape index (κ3) is 3.65. The minimum atomic E-state index is -1.33. The zero-order valence-corrected chi connectivity index (χ0v) is 14.8. The number of hydrogen-bond acceptors (Lipinski definition) is 4. The Kier molecular flexibility index (Phi) is 4.75. The van der Waals surface area contributed by atoms with E-state index in [9.17, 15) is 4.21 Å². The summed E-state index contributed by atoms with van der Waals surface area (Å²) in [7, 11) is -1.33. The molecule has 5 nitrogen and oxygen atoms in total. The largest absolute Gasteiger partial charge is 0.487 e. The molecular formula is C20H17N3O2S. The van der Waals surface area contributed by atoms with Crippen molar-refractivity contribution in [2.24, 2.45) is 0 Å². The van der Waals surface area contributed by atoms with E-state index >= 15 is 0 Å². The Morgan fingerprint density at radius 3 is 2.62 bits per heavy atom. The van der Waals surface area contributed by atoms with E-state index in [1.807, 2.05) is 66.7 Å². The maximum absolute atomic E-state index is 12.7. The highest BCUT2D eigenvalue weighted by atomic mass is 32.2. The van der Waals surface area contributed by atoms with Crippen LogP contribution in [0.2, 0.25) is 0 Å². The summed E-state index contributed by atoms with van der Waals surface area (Å²) in [4.78, 5) is 11.9. The van der Waals surface area contributed by atoms with Gasteiger partial charge in [0.05, 0.1) is 33.3 Å². The fourth-order valence-corrected chi connectivity index (χ4v) is 3.65. The van der Waals surface area contributed by atoms with Gasteiger partial charge in [0.1, 0.15) is 12.4 Å². The van der Waals surface area contributed by atoms with Crippen molar-refractivity contribution in [3.63, 3.8) is 0 Å². The van der Waals surface area contributed by atoms with Crippen LogP contribution in [0.1, 0.15) is 11.3 Å². The lowest BCUT2D eigenvalue weighted by Crippen LogP contribution is -2.04. The number of para-hydroxylation sites is 2. The lowest BCUT2D eigenvalue weighted by molar-refractivity contribution is 0.302. The van der Waals surface area contributed by atoms with Gasteiger partial charge in [-0.25, -0.2) is 4.98 Å². The zero-order valence-electron chi connectivity index (χ0n) is 14.0. The average Bonchev–Trinajstić information content (AvgIpc) is 3.12. The van der Waals surface area contributed by atoms with Gasteiger partial charge in [-0.2, -0.15) is 0 Å². The van der Waals surface area contributed by atoms with Crippen LogP contribution in [0, 0.1) is 0 Å². The molecular weight excluding hydrogens is 346 g/mol. The molecule has 1 N–H and O–H groups in total. The Morgan fingerprint density at radius 2 is 1.77 bits per heavy atom. The van der Waals surface area contributed by atoms with Gasteiger partial charge >= 0.3 is 0 Å². The Bertz CT molecular complexity index is 1010. The molecule has 2 heterocycles. The molecule has 0 radical (unpaired) electrons. The highest BCUT2D eigenvalue weighted by Gasteiger charge is 2.14. The fourth-order valence-electron chi connectivity index (χ4n) is 2.63. The lowest BCUT2D eigenvalue weighted by atomic mass is 10.2. The second-order valence-electron chi connectivity index (χ2n) is 5.77. The van der Waals surface area contributed by atoms with E-state index in [-0.39, 0.29) is 5.75 Å². The number of H-pyrrole nitrogens is 1. The highest BCUT2D eigenvalue weighted by Crippen LogP contribution is 2.21. The molecule has 0 saturated carbocycles. The molecule has 0 fully saturated rings. The van der Waals surface area contributed by atoms with Gasteiger partial charge in [0, 0.05) is 6.20 Å². The topological polar surface area (TPSA) is 67.9 Å². The minimum absolute atomic E-state index is 0.241. The average molecular weight is 363 g/mol. The summed E-state index contributed by atoms with van der Waals surface area (Å²) in [5, 5.41) is 0.450. The van der Waals surface area contributed by atoms with Crippen molar-refractivity contribution < 1.29 is 8.95 Å². The van der Waals surface area contributed by atoms with Gasteiger partial charge in [-0.3, -0.25) is 9.19 Å². The van der Waals surface area contributed by atoms with Crippen LogP contribution in [-0.4, -0.2) is 19.2 Å². The van der Waals surface area contributed by atoms with Crippen molar-refractivity contribution in [3.8, 4) is 5.75 Å². The number of ether oxygens (including phenoxy) is 1. The maximum atomic E-state index is 12.7. The summed E-state index contributed by atoms with van der Waals surface area (Å²) in [5.74, 6) is 0.881. The first-order valence-corrected chi connectivity index (χ1v) is 9.55. The van der Waals surface area contributed by atoms with E-state index in [4.69, 9.17) is 4.74 Å². The summed E-state index contributed by atoms with van der Waals surface area (Å²) < 4.78 is 18.6. The van der Waals surface area contributed by atoms with Crippen LogP contribution in [0.5, 0.6) is 5.75 Å². The van der Waals surface area contributed by atoms with E-state index < -0.39 is 10.8 Å². The molecule has 2 aromatic carbocycles. The molecule has 0 saturated heterocycles. The SMILES string of the molecule is O=S(Cc1ncccc1OCc1ccccc1)c1nc2ccccc2[nH]1. The summed E-state index contributed by atoms with van der Waals surface area (Å²) in [5.41, 5.74) is 3.40. The molecule has 2 aromatic heterocycles. The van der Waals surface area contributed by atoms with Gasteiger partial charge in [0.25, 0.3) is 0 Å². The van der Waals surface area contributed by atoms with Crippen LogP contribution in [-0.2, 0) is 23.2 Å². The number of rotatable bonds is 6. The molecule has 6 heteroatoms. The van der Waals surface area contributed by atoms with Crippen LogP contribution in [0.15, 0.2) is 78.1 Å². The Balaban J connectivity index is 1.51. The van der Waals surface area contributed by atoms with Gasteiger partial charge in [-0.1, -0.05) is 42.5 Å². The van der Waals surface area contributed by atoms with Gasteiger partial charge in [0.15, 0.2) is 5.16 Å². The number of hydrogen-bond donors (Lipinski definition) is 1. The fraction of sp³-hybridized carbons (Fsp3) is 0.100. The quantitative estimate of drug-likeness (QED) is 0.565. The number of nitrogens with zero attached hydrogens (tertiary/aromatic N) is 2. The second kappa shape index (κ2) is 7.49. The number of pyridine rings is 1. The Labute approximate surface area is 153 Å². The van der Waals surface area contributed by atoms with Crippen molar-refractivity contribution in [3.05, 3.63) is 84.2 Å². The molecule has 1 unspecified atom stereocenters. The van der Waals surface area contributed by atoms with E-state index in [0.29, 0.717) is 23.2 Å². The van der Waals surface area contributed by atoms with E-state index in [1.165, 1.54) is 0 Å². The number of benzene rings is 2. The third-order valence-corrected chi connectivity index (χ3v) is 5.10. The van der Waals surface area contributed by atoms with Crippen molar-refractivity contribution >= 4 is 21.8 Å². The van der Waals surface area contributed by atoms with Gasteiger partial charge in [-0.15, -0.1) is 0 Å². The van der Waals surface area contributed by atoms with Crippen LogP contribution in [0.4, 0.5) is 0 Å². The number of aromatic amines is 1.